The maximum absolute atomic E-state index is 10.5. The summed E-state index contributed by atoms with van der Waals surface area (Å²) < 4.78 is 0. The van der Waals surface area contributed by atoms with Crippen molar-refractivity contribution >= 4 is 24.4 Å². The summed E-state index contributed by atoms with van der Waals surface area (Å²) in [6, 6.07) is 8.76. The van der Waals surface area contributed by atoms with Gasteiger partial charge in [-0.15, -0.1) is 0 Å². The molecule has 2 aromatic carbocycles. The van der Waals surface area contributed by atoms with Crippen LogP contribution in [0.5, 0.6) is 11.5 Å². The number of benzene rings is 2. The van der Waals surface area contributed by atoms with Crippen molar-refractivity contribution in [2.24, 2.45) is 21.8 Å². The molecule has 2 unspecified atom stereocenters. The fourth-order valence-electron chi connectivity index (χ4n) is 4.74. The topological polar surface area (TPSA) is 145 Å². The van der Waals surface area contributed by atoms with Crippen molar-refractivity contribution in [1.29, 1.82) is 0 Å². The van der Waals surface area contributed by atoms with Gasteiger partial charge >= 0.3 is 16.8 Å². The van der Waals surface area contributed by atoms with Crippen LogP contribution in [0.4, 0.5) is 0 Å². The zero-order valence-corrected chi connectivity index (χ0v) is 28.5. The van der Waals surface area contributed by atoms with E-state index in [0.29, 0.717) is 23.3 Å². The number of carboxylic acid groups (broad SMARTS) is 2. The van der Waals surface area contributed by atoms with E-state index >= 15 is 0 Å². The molecule has 0 spiro atoms. The van der Waals surface area contributed by atoms with E-state index in [0.717, 1.165) is 81.0 Å². The number of phenolic OH excluding ortho intramolecular Hbond substituents is 2. The third-order valence-corrected chi connectivity index (χ3v) is 7.03. The number of phenols is 2. The van der Waals surface area contributed by atoms with Crippen molar-refractivity contribution in [2.75, 3.05) is 0 Å². The summed E-state index contributed by atoms with van der Waals surface area (Å²) in [5.41, 5.74) is 5.97. The maximum atomic E-state index is 10.5. The molecular weight excluding hydrogens is 603 g/mol. The van der Waals surface area contributed by atoms with Gasteiger partial charge in [0.15, 0.2) is 0 Å². The number of nitrogens with zero attached hydrogens (tertiary/aromatic N) is 2. The smallest absolute Gasteiger partial charge is 0.550 e. The Balaban J connectivity index is 0.00000183. The van der Waals surface area contributed by atoms with E-state index in [1.165, 1.54) is 11.1 Å². The average molecular weight is 654 g/mol. The molecular formula is C35H50CoN2O6. The molecule has 0 amide bonds. The van der Waals surface area contributed by atoms with E-state index in [1.807, 2.05) is 26.3 Å². The normalized spacial score (nSPS) is 16.0. The number of aliphatic imine (C=N–C) groups is 2. The number of aryl methyl sites for hydroxylation is 4. The Hall–Kier alpha value is -3.17. The average Bonchev–Trinajstić information content (AvgIpc) is 3.35. The first-order valence-electron chi connectivity index (χ1n) is 15.1. The molecule has 0 saturated heterocycles. The monoisotopic (exact) mass is 653 g/mol. The van der Waals surface area contributed by atoms with Gasteiger partial charge in [0, 0.05) is 35.5 Å². The second-order valence-corrected chi connectivity index (χ2v) is 12.2. The van der Waals surface area contributed by atoms with Gasteiger partial charge in [0.25, 0.3) is 0 Å². The fourth-order valence-corrected chi connectivity index (χ4v) is 4.74. The van der Waals surface area contributed by atoms with Crippen LogP contribution in [0.2, 0.25) is 0 Å². The molecule has 2 N–H and O–H groups in total. The zero-order valence-electron chi connectivity index (χ0n) is 27.5. The summed E-state index contributed by atoms with van der Waals surface area (Å²) >= 11 is 0. The predicted octanol–water partition coefficient (Wildman–Crippen LogP) is 4.86. The molecule has 8 nitrogen and oxygen atoms in total. The molecule has 1 aliphatic rings. The van der Waals surface area contributed by atoms with Gasteiger partial charge < -0.3 is 30.0 Å². The SMILES string of the molecule is CC(=O)[O-].CC(=O)[O-].Cc1cc(CCC(C)C)cc(C=NC2CCC(N=Cc3cc(CCC(C)C)cc(C)c3O)C2)c1O.[Co+2]. The Morgan fingerprint density at radius 1 is 0.773 bits per heavy atom. The van der Waals surface area contributed by atoms with Crippen molar-refractivity contribution in [3.8, 4) is 11.5 Å². The summed E-state index contributed by atoms with van der Waals surface area (Å²) in [5, 5.41) is 38.9. The van der Waals surface area contributed by atoms with Gasteiger partial charge in [-0.25, -0.2) is 0 Å². The van der Waals surface area contributed by atoms with Crippen LogP contribution >= 0.6 is 0 Å². The minimum atomic E-state index is -1.08. The standard InChI is InChI=1S/C31H44N2O2.2C2H4O2.Co/c1-20(2)7-9-24-13-22(5)30(34)26(15-24)18-32-28-11-12-29(17-28)33-19-27-16-25(10-8-21(3)4)14-23(6)31(27)35;2*1-2(3)4;/h13-16,18-21,28-29,34-35H,7-12,17H2,1-6H3;2*1H3,(H,3,4);/q;;;+2/p-2. The Kier molecular flexibility index (Phi) is 19.2. The molecule has 0 heterocycles. The van der Waals surface area contributed by atoms with Gasteiger partial charge in [-0.1, -0.05) is 39.8 Å². The molecule has 245 valence electrons. The molecule has 1 saturated carbocycles. The van der Waals surface area contributed by atoms with E-state index in [2.05, 4.69) is 52.0 Å². The molecule has 0 aromatic heterocycles. The van der Waals surface area contributed by atoms with Crippen molar-refractivity contribution in [3.63, 3.8) is 0 Å². The zero-order chi connectivity index (χ0) is 32.7. The number of carboxylic acids is 2. The number of hydrogen-bond donors (Lipinski definition) is 2. The van der Waals surface area contributed by atoms with Crippen molar-refractivity contribution in [1.82, 2.24) is 0 Å². The van der Waals surface area contributed by atoms with Gasteiger partial charge in [-0.2, -0.15) is 0 Å². The minimum absolute atomic E-state index is 0. The quantitative estimate of drug-likeness (QED) is 0.351. The van der Waals surface area contributed by atoms with Gasteiger partial charge in [-0.05, 0) is 119 Å². The van der Waals surface area contributed by atoms with Crippen LogP contribution in [0, 0.1) is 25.7 Å². The van der Waals surface area contributed by atoms with Crippen LogP contribution in [0.25, 0.3) is 0 Å². The molecule has 1 fully saturated rings. The van der Waals surface area contributed by atoms with E-state index in [1.54, 1.807) is 0 Å². The number of carbonyl (C=O) groups excluding carboxylic acids is 2. The van der Waals surface area contributed by atoms with Crippen molar-refractivity contribution < 1.29 is 46.8 Å². The molecule has 9 heteroatoms. The van der Waals surface area contributed by atoms with Gasteiger partial charge in [0.05, 0.1) is 12.1 Å². The summed E-state index contributed by atoms with van der Waals surface area (Å²) in [4.78, 5) is 27.4. The first-order chi connectivity index (χ1) is 20.1. The van der Waals surface area contributed by atoms with Crippen LogP contribution in [-0.2, 0) is 39.2 Å². The summed E-state index contributed by atoms with van der Waals surface area (Å²) in [5.74, 6) is -0.188. The summed E-state index contributed by atoms with van der Waals surface area (Å²) in [6.07, 6.45) is 10.9. The molecule has 2 atom stereocenters. The molecule has 44 heavy (non-hydrogen) atoms. The third kappa shape index (κ3) is 16.6. The van der Waals surface area contributed by atoms with Crippen molar-refractivity contribution in [3.05, 3.63) is 57.6 Å². The largest absolute Gasteiger partial charge is 2.00 e. The first kappa shape index (κ1) is 40.8. The third-order valence-electron chi connectivity index (χ3n) is 7.03. The predicted molar refractivity (Wildman–Crippen MR) is 170 cm³/mol. The van der Waals surface area contributed by atoms with Crippen LogP contribution in [-0.4, -0.2) is 46.7 Å². The molecule has 0 aliphatic heterocycles. The second kappa shape index (κ2) is 20.7. The molecule has 2 aromatic rings. The van der Waals surface area contributed by atoms with Gasteiger partial charge in [0.2, 0.25) is 0 Å². The van der Waals surface area contributed by atoms with E-state index in [9.17, 15) is 10.2 Å². The second-order valence-electron chi connectivity index (χ2n) is 12.2. The summed E-state index contributed by atoms with van der Waals surface area (Å²) in [7, 11) is 0. The Morgan fingerprint density at radius 2 is 1.09 bits per heavy atom. The van der Waals surface area contributed by atoms with E-state index in [4.69, 9.17) is 29.8 Å². The Labute approximate surface area is 273 Å². The molecule has 0 bridgehead atoms. The Morgan fingerprint density at radius 3 is 1.39 bits per heavy atom. The van der Waals surface area contributed by atoms with Crippen molar-refractivity contribution in [2.45, 2.75) is 112 Å². The van der Waals surface area contributed by atoms with E-state index in [-0.39, 0.29) is 28.9 Å². The van der Waals surface area contributed by atoms with Gasteiger partial charge in [-0.3, -0.25) is 9.98 Å². The number of aliphatic carboxylic acids is 2. The Bertz CT molecular complexity index is 1150. The van der Waals surface area contributed by atoms with Crippen LogP contribution < -0.4 is 10.2 Å². The van der Waals surface area contributed by atoms with Crippen LogP contribution in [0.15, 0.2) is 34.3 Å². The summed E-state index contributed by atoms with van der Waals surface area (Å²) in [6.45, 7) is 14.8. The number of rotatable bonds is 10. The molecule has 3 rings (SSSR count). The number of hydrogen-bond acceptors (Lipinski definition) is 8. The van der Waals surface area contributed by atoms with Crippen LogP contribution in [0.1, 0.15) is 107 Å². The number of aromatic hydroxyl groups is 2. The van der Waals surface area contributed by atoms with E-state index < -0.39 is 11.9 Å². The van der Waals surface area contributed by atoms with Gasteiger partial charge in [0.1, 0.15) is 11.5 Å². The maximum Gasteiger partial charge on any atom is 2.00 e. The van der Waals surface area contributed by atoms with Crippen LogP contribution in [0.3, 0.4) is 0 Å². The molecule has 1 aliphatic carbocycles. The first-order valence-corrected chi connectivity index (χ1v) is 15.1. The fraction of sp³-hybridized carbons (Fsp3) is 0.543. The molecule has 1 radical (unpaired) electrons. The number of carbonyl (C=O) groups is 2. The minimum Gasteiger partial charge on any atom is -0.550 e.